The van der Waals surface area contributed by atoms with Gasteiger partial charge in [-0.15, -0.1) is 0 Å². The zero-order valence-corrected chi connectivity index (χ0v) is 15.0. The van der Waals surface area contributed by atoms with E-state index in [1.54, 1.807) is 7.11 Å². The predicted octanol–water partition coefficient (Wildman–Crippen LogP) is 3.84. The Morgan fingerprint density at radius 3 is 2.35 bits per heavy atom. The van der Waals surface area contributed by atoms with Gasteiger partial charge in [0.15, 0.2) is 0 Å². The predicted molar refractivity (Wildman–Crippen MR) is 103 cm³/mol. The Hall–Kier alpha value is -3.01. The molecule has 1 amide bonds. The van der Waals surface area contributed by atoms with Gasteiger partial charge in [0.25, 0.3) is 0 Å². The molecule has 0 aliphatic heterocycles. The summed E-state index contributed by atoms with van der Waals surface area (Å²) in [6.07, 6.45) is 5.22. The van der Waals surface area contributed by atoms with Crippen LogP contribution in [0.15, 0.2) is 79.1 Å². The van der Waals surface area contributed by atoms with Crippen LogP contribution in [-0.2, 0) is 11.2 Å². The molecule has 4 heteroatoms. The minimum atomic E-state index is -0.0346. The Kier molecular flexibility index (Phi) is 6.09. The van der Waals surface area contributed by atoms with E-state index in [0.29, 0.717) is 13.0 Å². The van der Waals surface area contributed by atoms with Gasteiger partial charge in [-0.1, -0.05) is 42.5 Å². The first kappa shape index (κ1) is 17.8. The molecule has 1 heterocycles. The first-order valence-corrected chi connectivity index (χ1v) is 8.83. The molecule has 0 radical (unpaired) electrons. The molecule has 4 nitrogen and oxygen atoms in total. The summed E-state index contributed by atoms with van der Waals surface area (Å²) in [5, 5.41) is 3.04. The number of methoxy groups -OCH3 is 1. The number of carbonyl (C=O) groups excluding carboxylic acids is 1. The highest BCUT2D eigenvalue weighted by atomic mass is 16.5. The van der Waals surface area contributed by atoms with Gasteiger partial charge >= 0.3 is 0 Å². The maximum atomic E-state index is 12.5. The molecule has 2 aromatic carbocycles. The van der Waals surface area contributed by atoms with Crippen molar-refractivity contribution >= 4 is 5.91 Å². The number of nitrogens with one attached hydrogen (secondary N) is 1. The van der Waals surface area contributed by atoms with Crippen LogP contribution in [0.25, 0.3) is 0 Å². The highest BCUT2D eigenvalue weighted by Crippen LogP contribution is 2.24. The Morgan fingerprint density at radius 1 is 1.00 bits per heavy atom. The fourth-order valence-corrected chi connectivity index (χ4v) is 3.02. The average Bonchev–Trinajstić information content (AvgIpc) is 3.22. The van der Waals surface area contributed by atoms with Gasteiger partial charge in [-0.25, -0.2) is 0 Å². The molecule has 0 bridgehead atoms. The molecule has 3 rings (SSSR count). The largest absolute Gasteiger partial charge is 0.497 e. The van der Waals surface area contributed by atoms with Gasteiger partial charge in [-0.3, -0.25) is 4.79 Å². The lowest BCUT2D eigenvalue weighted by molar-refractivity contribution is -0.121. The summed E-state index contributed by atoms with van der Waals surface area (Å²) in [4.78, 5) is 12.5. The molecule has 0 saturated carbocycles. The lowest BCUT2D eigenvalue weighted by Crippen LogP contribution is -2.28. The third-order valence-electron chi connectivity index (χ3n) is 4.45. The Bertz CT molecular complexity index is 796. The fourth-order valence-electron chi connectivity index (χ4n) is 3.02. The van der Waals surface area contributed by atoms with Gasteiger partial charge in [-0.2, -0.15) is 0 Å². The van der Waals surface area contributed by atoms with Gasteiger partial charge < -0.3 is 14.6 Å². The third-order valence-corrected chi connectivity index (χ3v) is 4.45. The maximum absolute atomic E-state index is 12.5. The van der Waals surface area contributed by atoms with Crippen LogP contribution in [0.2, 0.25) is 0 Å². The molecular formula is C22H24N2O2. The van der Waals surface area contributed by atoms with Crippen molar-refractivity contribution in [1.29, 1.82) is 0 Å². The van der Waals surface area contributed by atoms with Crippen molar-refractivity contribution < 1.29 is 9.53 Å². The van der Waals surface area contributed by atoms with Crippen LogP contribution in [-0.4, -0.2) is 24.1 Å². The van der Waals surface area contributed by atoms with E-state index in [2.05, 4.69) is 22.0 Å². The topological polar surface area (TPSA) is 43.3 Å². The molecular weight excluding hydrogens is 324 g/mol. The summed E-state index contributed by atoms with van der Waals surface area (Å²) in [5.74, 6) is 0.864. The second-order valence-electron chi connectivity index (χ2n) is 6.21. The molecule has 26 heavy (non-hydrogen) atoms. The third kappa shape index (κ3) is 4.76. The lowest BCUT2D eigenvalue weighted by Gasteiger charge is -2.19. The van der Waals surface area contributed by atoms with E-state index in [1.807, 2.05) is 67.0 Å². The molecule has 134 valence electrons. The molecule has 1 atom stereocenters. The van der Waals surface area contributed by atoms with Crippen LogP contribution in [0.3, 0.4) is 0 Å². The van der Waals surface area contributed by atoms with Crippen LogP contribution in [0, 0.1) is 0 Å². The van der Waals surface area contributed by atoms with E-state index in [-0.39, 0.29) is 11.9 Å². The number of carbonyl (C=O) groups is 1. The van der Waals surface area contributed by atoms with E-state index < -0.39 is 0 Å². The summed E-state index contributed by atoms with van der Waals surface area (Å²) in [7, 11) is 1.65. The minimum absolute atomic E-state index is 0.0346. The van der Waals surface area contributed by atoms with Gasteiger partial charge in [0, 0.05) is 18.9 Å². The molecule has 1 N–H and O–H groups in total. The van der Waals surface area contributed by atoms with E-state index in [9.17, 15) is 4.79 Å². The van der Waals surface area contributed by atoms with Crippen molar-refractivity contribution in [1.82, 2.24) is 9.88 Å². The fraction of sp³-hybridized carbons (Fsp3) is 0.227. The lowest BCUT2D eigenvalue weighted by atomic mass is 10.0. The normalized spacial score (nSPS) is 11.7. The Labute approximate surface area is 154 Å². The average molecular weight is 348 g/mol. The molecule has 3 aromatic rings. The second kappa shape index (κ2) is 8.90. The summed E-state index contributed by atoms with van der Waals surface area (Å²) < 4.78 is 7.30. The van der Waals surface area contributed by atoms with E-state index in [4.69, 9.17) is 4.74 Å². The van der Waals surface area contributed by atoms with Crippen LogP contribution >= 0.6 is 0 Å². The SMILES string of the molecule is COc1ccc(C(CC(=O)NCCc2ccccc2)n2cccc2)cc1. The molecule has 0 saturated heterocycles. The van der Waals surface area contributed by atoms with Crippen molar-refractivity contribution in [2.45, 2.75) is 18.9 Å². The summed E-state index contributed by atoms with van der Waals surface area (Å²) in [5.41, 5.74) is 2.31. The number of ether oxygens (including phenoxy) is 1. The smallest absolute Gasteiger partial charge is 0.222 e. The minimum Gasteiger partial charge on any atom is -0.497 e. The Balaban J connectivity index is 1.62. The van der Waals surface area contributed by atoms with Crippen LogP contribution in [0.5, 0.6) is 5.75 Å². The second-order valence-corrected chi connectivity index (χ2v) is 6.21. The van der Waals surface area contributed by atoms with Crippen LogP contribution in [0.4, 0.5) is 0 Å². The summed E-state index contributed by atoms with van der Waals surface area (Å²) in [6, 6.07) is 22.0. The highest BCUT2D eigenvalue weighted by Gasteiger charge is 2.17. The number of rotatable bonds is 8. The molecule has 0 aliphatic carbocycles. The van der Waals surface area contributed by atoms with Crippen LogP contribution < -0.4 is 10.1 Å². The molecule has 0 fully saturated rings. The zero-order valence-electron chi connectivity index (χ0n) is 15.0. The number of amides is 1. The number of hydrogen-bond donors (Lipinski definition) is 1. The quantitative estimate of drug-likeness (QED) is 0.672. The van der Waals surface area contributed by atoms with Gasteiger partial charge in [0.2, 0.25) is 5.91 Å². The summed E-state index contributed by atoms with van der Waals surface area (Å²) in [6.45, 7) is 0.643. The number of nitrogens with zero attached hydrogens (tertiary/aromatic N) is 1. The van der Waals surface area contributed by atoms with E-state index in [0.717, 1.165) is 17.7 Å². The number of hydrogen-bond acceptors (Lipinski definition) is 2. The number of aromatic nitrogens is 1. The van der Waals surface area contributed by atoms with Crippen molar-refractivity contribution in [3.63, 3.8) is 0 Å². The van der Waals surface area contributed by atoms with Crippen molar-refractivity contribution in [3.8, 4) is 5.75 Å². The summed E-state index contributed by atoms with van der Waals surface area (Å²) >= 11 is 0. The maximum Gasteiger partial charge on any atom is 0.222 e. The first-order chi connectivity index (χ1) is 12.8. The molecule has 0 aliphatic rings. The van der Waals surface area contributed by atoms with Gasteiger partial charge in [-0.05, 0) is 41.8 Å². The van der Waals surface area contributed by atoms with Gasteiger partial charge in [0.1, 0.15) is 5.75 Å². The van der Waals surface area contributed by atoms with E-state index in [1.165, 1.54) is 5.56 Å². The number of benzene rings is 2. The van der Waals surface area contributed by atoms with Crippen molar-refractivity contribution in [2.24, 2.45) is 0 Å². The Morgan fingerprint density at radius 2 is 1.69 bits per heavy atom. The molecule has 1 unspecified atom stereocenters. The van der Waals surface area contributed by atoms with Gasteiger partial charge in [0.05, 0.1) is 19.6 Å². The molecule has 0 spiro atoms. The first-order valence-electron chi connectivity index (χ1n) is 8.83. The highest BCUT2D eigenvalue weighted by molar-refractivity contribution is 5.76. The standard InChI is InChI=1S/C22H24N2O2/c1-26-20-11-9-19(10-12-20)21(24-15-5-6-16-24)17-22(25)23-14-13-18-7-3-2-4-8-18/h2-12,15-16,21H,13-14,17H2,1H3,(H,23,25). The molecule has 1 aromatic heterocycles. The zero-order chi connectivity index (χ0) is 18.2. The van der Waals surface area contributed by atoms with Crippen molar-refractivity contribution in [3.05, 3.63) is 90.3 Å². The van der Waals surface area contributed by atoms with E-state index >= 15 is 0 Å². The van der Waals surface area contributed by atoms with Crippen LogP contribution in [0.1, 0.15) is 23.6 Å². The monoisotopic (exact) mass is 348 g/mol. The van der Waals surface area contributed by atoms with Crippen molar-refractivity contribution in [2.75, 3.05) is 13.7 Å².